The maximum Gasteiger partial charge on any atom is 0.179 e. The lowest BCUT2D eigenvalue weighted by atomic mass is 9.67. The number of fused-ring (bicyclic) bond motifs is 13. The van der Waals surface area contributed by atoms with Crippen LogP contribution in [0.1, 0.15) is 27.8 Å². The molecule has 1 aliphatic rings. The first-order valence-corrected chi connectivity index (χ1v) is 35.4. The molecular weight excluding hydrogens is 1190 g/mol. The van der Waals surface area contributed by atoms with Crippen LogP contribution in [-0.4, -0.2) is 8.07 Å². The predicted molar refractivity (Wildman–Crippen MR) is 409 cm³/mol. The average Bonchev–Trinajstić information content (AvgIpc) is 1.54. The van der Waals surface area contributed by atoms with Gasteiger partial charge in [0.25, 0.3) is 0 Å². The molecule has 16 aromatic carbocycles. The molecule has 18 aromatic rings. The first kappa shape index (κ1) is 56.3. The summed E-state index contributed by atoms with van der Waals surface area (Å²) in [5, 5.41) is 16.5. The van der Waals surface area contributed by atoms with Gasteiger partial charge in [-0.2, -0.15) is 0 Å². The van der Waals surface area contributed by atoms with E-state index >= 15 is 0 Å². The van der Waals surface area contributed by atoms with Crippen molar-refractivity contribution in [1.82, 2.24) is 0 Å². The minimum atomic E-state index is -2.92. The molecule has 0 saturated heterocycles. The third kappa shape index (κ3) is 8.68. The van der Waals surface area contributed by atoms with Crippen LogP contribution in [0, 0.1) is 6.92 Å². The van der Waals surface area contributed by atoms with Crippen LogP contribution in [0.25, 0.3) is 87.3 Å². The van der Waals surface area contributed by atoms with E-state index in [-0.39, 0.29) is 0 Å². The second-order valence-corrected chi connectivity index (χ2v) is 29.7. The molecule has 0 amide bonds. The molecule has 0 spiro atoms. The molecule has 0 unspecified atom stereocenters. The number of hydrogen-bond acceptors (Lipinski definition) is 4. The molecule has 4 nitrogen and oxygen atoms in total. The van der Waals surface area contributed by atoms with Crippen LogP contribution in [0.15, 0.2) is 367 Å². The summed E-state index contributed by atoms with van der Waals surface area (Å²) < 4.78 is 14.5. The minimum absolute atomic E-state index is 0.812. The van der Waals surface area contributed by atoms with Crippen molar-refractivity contribution in [3.63, 3.8) is 0 Å². The molecule has 0 fully saturated rings. The molecule has 0 N–H and O–H groups in total. The number of rotatable bonds is 12. The smallest absolute Gasteiger partial charge is 0.179 e. The van der Waals surface area contributed by atoms with Crippen LogP contribution in [0.4, 0.5) is 34.1 Å². The van der Waals surface area contributed by atoms with Crippen LogP contribution in [-0.2, 0) is 5.41 Å². The third-order valence-corrected chi connectivity index (χ3v) is 25.4. The fourth-order valence-electron chi connectivity index (χ4n) is 16.4. The zero-order chi connectivity index (χ0) is 64.2. The highest BCUT2D eigenvalue weighted by Crippen LogP contribution is 2.61. The van der Waals surface area contributed by atoms with Crippen LogP contribution in [0.2, 0.25) is 0 Å². The van der Waals surface area contributed by atoms with Crippen LogP contribution >= 0.6 is 0 Å². The lowest BCUT2D eigenvalue weighted by molar-refractivity contribution is 0.668. The zero-order valence-corrected chi connectivity index (χ0v) is 54.3. The van der Waals surface area contributed by atoms with Crippen molar-refractivity contribution in [1.29, 1.82) is 0 Å². The van der Waals surface area contributed by atoms with Gasteiger partial charge in [0, 0.05) is 44.0 Å². The Kier molecular flexibility index (Phi) is 13.0. The Balaban J connectivity index is 0.878. The highest BCUT2D eigenvalue weighted by atomic mass is 28.3. The number of anilines is 6. The second-order valence-electron chi connectivity index (χ2n) is 25.9. The second kappa shape index (κ2) is 22.5. The Labute approximate surface area is 563 Å². The summed E-state index contributed by atoms with van der Waals surface area (Å²) in [5.41, 5.74) is 16.8. The van der Waals surface area contributed by atoms with E-state index in [1.165, 1.54) is 70.5 Å². The number of para-hydroxylation sites is 2. The van der Waals surface area contributed by atoms with E-state index in [0.717, 1.165) is 99.5 Å². The number of hydrogen-bond donors (Lipinski definition) is 0. The van der Waals surface area contributed by atoms with Gasteiger partial charge < -0.3 is 18.6 Å². The molecule has 2 heterocycles. The van der Waals surface area contributed by atoms with Gasteiger partial charge in [-0.25, -0.2) is 0 Å². The van der Waals surface area contributed by atoms with E-state index in [0.29, 0.717) is 0 Å². The van der Waals surface area contributed by atoms with E-state index in [4.69, 9.17) is 8.83 Å². The van der Waals surface area contributed by atoms with Crippen LogP contribution in [0.3, 0.4) is 0 Å². The van der Waals surface area contributed by atoms with Gasteiger partial charge in [-0.05, 0) is 161 Å². The Hall–Kier alpha value is -12.3. The first-order valence-electron chi connectivity index (χ1n) is 33.4. The van der Waals surface area contributed by atoms with Crippen molar-refractivity contribution in [3.8, 4) is 11.1 Å². The van der Waals surface area contributed by atoms with Gasteiger partial charge >= 0.3 is 0 Å². The van der Waals surface area contributed by atoms with E-state index < -0.39 is 13.5 Å². The highest BCUT2D eigenvalue weighted by molar-refractivity contribution is 7.20. The van der Waals surface area contributed by atoms with Crippen molar-refractivity contribution < 1.29 is 8.83 Å². The van der Waals surface area contributed by atoms with Gasteiger partial charge in [-0.3, -0.25) is 0 Å². The Morgan fingerprint density at radius 2 is 0.722 bits per heavy atom. The van der Waals surface area contributed by atoms with Gasteiger partial charge in [0.05, 0.1) is 22.5 Å². The van der Waals surface area contributed by atoms with E-state index in [1.807, 2.05) is 0 Å². The fraction of sp³-hybridized carbons (Fsp3) is 0.0217. The number of aryl methyl sites for hydroxylation is 1. The molecular formula is C92H62N2O2Si. The molecule has 0 radical (unpaired) electrons. The monoisotopic (exact) mass is 1250 g/mol. The molecule has 2 aromatic heterocycles. The van der Waals surface area contributed by atoms with E-state index in [2.05, 4.69) is 375 Å². The average molecular weight is 1260 g/mol. The molecule has 0 bridgehead atoms. The fourth-order valence-corrected chi connectivity index (χ4v) is 21.2. The van der Waals surface area contributed by atoms with Gasteiger partial charge in [-0.1, -0.05) is 291 Å². The van der Waals surface area contributed by atoms with Gasteiger partial charge in [0.15, 0.2) is 19.2 Å². The van der Waals surface area contributed by atoms with E-state index in [9.17, 15) is 0 Å². The normalized spacial score (nSPS) is 12.7. The van der Waals surface area contributed by atoms with Crippen molar-refractivity contribution in [2.45, 2.75) is 12.3 Å². The molecule has 1 aliphatic carbocycles. The number of nitrogens with zero attached hydrogens (tertiary/aromatic N) is 2. The number of benzene rings is 16. The maximum absolute atomic E-state index is 7.46. The first-order chi connectivity index (χ1) is 48.0. The highest BCUT2D eigenvalue weighted by Gasteiger charge is 2.48. The summed E-state index contributed by atoms with van der Waals surface area (Å²) in [7, 11) is -2.92. The third-order valence-electron chi connectivity index (χ3n) is 20.6. The lowest BCUT2D eigenvalue weighted by Gasteiger charge is -2.36. The molecule has 19 rings (SSSR count). The molecule has 0 aliphatic heterocycles. The number of furan rings is 2. The minimum Gasteiger partial charge on any atom is -0.454 e. The topological polar surface area (TPSA) is 32.8 Å². The summed E-state index contributed by atoms with van der Waals surface area (Å²) in [6, 6.07) is 133. The molecule has 0 saturated carbocycles. The zero-order valence-electron chi connectivity index (χ0n) is 53.3. The summed E-state index contributed by atoms with van der Waals surface area (Å²) in [6.45, 7) is 2.15. The van der Waals surface area contributed by atoms with Crippen molar-refractivity contribution in [2.75, 3.05) is 9.80 Å². The summed E-state index contributed by atoms with van der Waals surface area (Å²) in [5.74, 6) is 0. The van der Waals surface area contributed by atoms with Crippen LogP contribution in [0.5, 0.6) is 0 Å². The van der Waals surface area contributed by atoms with Gasteiger partial charge in [0.2, 0.25) is 0 Å². The van der Waals surface area contributed by atoms with Gasteiger partial charge in [0.1, 0.15) is 11.2 Å². The SMILES string of the molecule is Cc1ccc2oc3c(N(c4ccc5c(c4)C(c4ccccc4)(c4ccccc4)c4cc(N(c6ccc7ccccc7c6)c6cccc7c6oc6ccc([Si](c8ccccc8)(c8ccccc8)c8ccccc8)cc67)c6ccccc6c4-5)c4ccc5ccccc5c4)cccc3c2c1. The Bertz CT molecular complexity index is 5970. The van der Waals surface area contributed by atoms with Crippen molar-refractivity contribution >= 4 is 139 Å². The molecule has 5 heteroatoms. The van der Waals surface area contributed by atoms with Crippen LogP contribution < -0.4 is 30.5 Å². The Morgan fingerprint density at radius 1 is 0.278 bits per heavy atom. The van der Waals surface area contributed by atoms with E-state index in [1.54, 1.807) is 0 Å². The molecule has 456 valence electrons. The summed E-state index contributed by atoms with van der Waals surface area (Å²) in [6.07, 6.45) is 0. The maximum atomic E-state index is 7.46. The van der Waals surface area contributed by atoms with Gasteiger partial charge in [-0.15, -0.1) is 0 Å². The predicted octanol–water partition coefficient (Wildman–Crippen LogP) is 21.9. The van der Waals surface area contributed by atoms with Crippen molar-refractivity contribution in [2.24, 2.45) is 0 Å². The molecule has 0 atom stereocenters. The Morgan fingerprint density at radius 3 is 1.29 bits per heavy atom. The molecule has 97 heavy (non-hydrogen) atoms. The summed E-state index contributed by atoms with van der Waals surface area (Å²) >= 11 is 0. The largest absolute Gasteiger partial charge is 0.454 e. The standard InChI is InChI=1S/C92H62N2O2Si/c1-61-45-53-87-80(55-61)77-41-23-43-84(90(77)95-87)93(68-48-46-62-25-17-19-27-64(62)56-68)70-50-52-79-82(58-70)92(66-29-7-2-8-30-66,67-31-9-3-10-32-67)83-60-86(75-39-21-22-40-76(75)89(79)83)94(69-49-47-63-26-18-20-28-65(63)57-69)85-44-24-42-78-81-59-74(51-54-88(81)96-91(78)85)97(71-33-11-4-12-34-71,72-35-13-5-14-36-72)73-37-15-6-16-38-73/h2-60H,1H3. The summed E-state index contributed by atoms with van der Waals surface area (Å²) in [4.78, 5) is 4.91. The van der Waals surface area contributed by atoms with Crippen molar-refractivity contribution in [3.05, 3.63) is 386 Å². The lowest BCUT2D eigenvalue weighted by Crippen LogP contribution is -2.74. The quantitative estimate of drug-likeness (QED) is 0.0901.